The molecule has 9 heteroatoms. The third-order valence-electron chi connectivity index (χ3n) is 4.69. The second kappa shape index (κ2) is 7.53. The Hall–Kier alpha value is -1.93. The van der Waals surface area contributed by atoms with Gasteiger partial charge in [0.2, 0.25) is 0 Å². The van der Waals surface area contributed by atoms with Crippen molar-refractivity contribution in [3.05, 3.63) is 28.6 Å². The minimum Gasteiger partial charge on any atom is -0.336 e. The third kappa shape index (κ3) is 3.85. The zero-order chi connectivity index (χ0) is 18.0. The van der Waals surface area contributed by atoms with Gasteiger partial charge >= 0.3 is 0 Å². The van der Waals surface area contributed by atoms with Crippen LogP contribution in [0.4, 0.5) is 0 Å². The highest BCUT2D eigenvalue weighted by atomic mass is 35.5. The first-order valence-electron chi connectivity index (χ1n) is 8.52. The predicted octanol–water partition coefficient (Wildman–Crippen LogP) is 1.13. The van der Waals surface area contributed by atoms with Gasteiger partial charge in [-0.25, -0.2) is 0 Å². The van der Waals surface area contributed by atoms with Crippen molar-refractivity contribution >= 4 is 17.5 Å². The molecule has 0 atom stereocenters. The molecule has 0 unspecified atom stereocenters. The Morgan fingerprint density at radius 3 is 2.64 bits per heavy atom. The van der Waals surface area contributed by atoms with Crippen molar-refractivity contribution in [1.82, 2.24) is 34.3 Å². The van der Waals surface area contributed by atoms with Gasteiger partial charge in [0.1, 0.15) is 17.8 Å². The summed E-state index contributed by atoms with van der Waals surface area (Å²) in [6, 6.07) is 0. The highest BCUT2D eigenvalue weighted by Crippen LogP contribution is 2.21. The average molecular weight is 366 g/mol. The molecule has 2 aromatic rings. The number of hydrogen-bond acceptors (Lipinski definition) is 5. The summed E-state index contributed by atoms with van der Waals surface area (Å²) in [6.07, 6.45) is 2.71. The van der Waals surface area contributed by atoms with E-state index in [1.54, 1.807) is 18.1 Å². The van der Waals surface area contributed by atoms with Crippen LogP contribution in [0.15, 0.2) is 6.33 Å². The minimum atomic E-state index is -0.0374. The molecule has 1 aliphatic heterocycles. The van der Waals surface area contributed by atoms with Crippen LogP contribution in [0.25, 0.3) is 0 Å². The summed E-state index contributed by atoms with van der Waals surface area (Å²) >= 11 is 6.26. The molecule has 2 aromatic heterocycles. The fourth-order valence-corrected chi connectivity index (χ4v) is 3.43. The van der Waals surface area contributed by atoms with E-state index in [9.17, 15) is 4.79 Å². The van der Waals surface area contributed by atoms with Crippen molar-refractivity contribution in [2.75, 3.05) is 32.7 Å². The predicted molar refractivity (Wildman–Crippen MR) is 94.7 cm³/mol. The lowest BCUT2D eigenvalue weighted by Crippen LogP contribution is -2.37. The normalized spacial score (nSPS) is 16.2. The van der Waals surface area contributed by atoms with E-state index in [0.717, 1.165) is 45.0 Å². The maximum absolute atomic E-state index is 12.8. The van der Waals surface area contributed by atoms with E-state index in [1.807, 2.05) is 23.3 Å². The Kier molecular flexibility index (Phi) is 5.39. The highest BCUT2D eigenvalue weighted by molar-refractivity contribution is 6.34. The number of nitrogens with zero attached hydrogens (tertiary/aromatic N) is 7. The molecular formula is C16H24ClN7O. The molecule has 3 heterocycles. The van der Waals surface area contributed by atoms with Gasteiger partial charge in [0.15, 0.2) is 0 Å². The largest absolute Gasteiger partial charge is 0.336 e. The summed E-state index contributed by atoms with van der Waals surface area (Å²) < 4.78 is 3.63. The molecule has 25 heavy (non-hydrogen) atoms. The van der Waals surface area contributed by atoms with Crippen molar-refractivity contribution < 1.29 is 4.79 Å². The zero-order valence-electron chi connectivity index (χ0n) is 14.9. The van der Waals surface area contributed by atoms with E-state index in [4.69, 9.17) is 11.6 Å². The van der Waals surface area contributed by atoms with Crippen LogP contribution in [0.1, 0.15) is 28.4 Å². The van der Waals surface area contributed by atoms with Gasteiger partial charge in [0, 0.05) is 39.8 Å². The summed E-state index contributed by atoms with van der Waals surface area (Å²) in [5.41, 5.74) is 1.17. The molecule has 3 rings (SSSR count). The van der Waals surface area contributed by atoms with Crippen LogP contribution >= 0.6 is 11.6 Å². The number of rotatable bonds is 4. The molecule has 0 aliphatic carbocycles. The molecular weight excluding hydrogens is 342 g/mol. The first-order chi connectivity index (χ1) is 12.0. The maximum atomic E-state index is 12.8. The quantitative estimate of drug-likeness (QED) is 0.812. The highest BCUT2D eigenvalue weighted by Gasteiger charge is 2.25. The summed E-state index contributed by atoms with van der Waals surface area (Å²) in [6.45, 7) is 8.81. The molecule has 0 bridgehead atoms. The van der Waals surface area contributed by atoms with Gasteiger partial charge in [-0.2, -0.15) is 5.10 Å². The third-order valence-corrected chi connectivity index (χ3v) is 5.15. The Bertz CT molecular complexity index is 754. The lowest BCUT2D eigenvalue weighted by molar-refractivity contribution is 0.0750. The monoisotopic (exact) mass is 365 g/mol. The Morgan fingerprint density at radius 2 is 2.00 bits per heavy atom. The van der Waals surface area contributed by atoms with Gasteiger partial charge in [0.05, 0.1) is 10.7 Å². The summed E-state index contributed by atoms with van der Waals surface area (Å²) in [4.78, 5) is 17.1. The first kappa shape index (κ1) is 17.9. The number of halogens is 1. The number of carbonyl (C=O) groups is 1. The van der Waals surface area contributed by atoms with E-state index in [1.165, 1.54) is 0 Å². The van der Waals surface area contributed by atoms with Crippen molar-refractivity contribution in [1.29, 1.82) is 0 Å². The van der Waals surface area contributed by atoms with Crippen LogP contribution in [-0.2, 0) is 13.6 Å². The van der Waals surface area contributed by atoms with Crippen molar-refractivity contribution in [2.45, 2.75) is 26.8 Å². The fraction of sp³-hybridized carbons (Fsp3) is 0.625. The van der Waals surface area contributed by atoms with Crippen molar-refractivity contribution in [3.8, 4) is 0 Å². The summed E-state index contributed by atoms with van der Waals surface area (Å²) in [7, 11) is 1.76. The number of hydrogen-bond donors (Lipinski definition) is 0. The number of amides is 1. The van der Waals surface area contributed by atoms with Crippen LogP contribution < -0.4 is 0 Å². The standard InChI is InChI=1S/C16H24ClN7O/c1-12-14(17)15(21(3)20-12)16(25)23-6-4-5-22(7-9-23)8-10-24-11-18-19-13(24)2/h11H,4-10H2,1-3H3. The molecule has 0 spiro atoms. The topological polar surface area (TPSA) is 72.1 Å². The molecule has 1 saturated heterocycles. The lowest BCUT2D eigenvalue weighted by Gasteiger charge is -2.22. The Morgan fingerprint density at radius 1 is 1.20 bits per heavy atom. The molecule has 136 valence electrons. The van der Waals surface area contributed by atoms with E-state index in [-0.39, 0.29) is 5.91 Å². The van der Waals surface area contributed by atoms with Crippen molar-refractivity contribution in [3.63, 3.8) is 0 Å². The lowest BCUT2D eigenvalue weighted by atomic mass is 10.3. The smallest absolute Gasteiger partial charge is 0.273 e. The molecule has 0 aromatic carbocycles. The van der Waals surface area contributed by atoms with Gasteiger partial charge in [-0.3, -0.25) is 14.4 Å². The molecule has 8 nitrogen and oxygen atoms in total. The Labute approximate surface area is 152 Å². The summed E-state index contributed by atoms with van der Waals surface area (Å²) in [5, 5.41) is 12.6. The number of aromatic nitrogens is 5. The SMILES string of the molecule is Cc1nn(C)c(C(=O)N2CCCN(CCn3cnnc3C)CC2)c1Cl. The van der Waals surface area contributed by atoms with Crippen molar-refractivity contribution in [2.24, 2.45) is 7.05 Å². The van der Waals surface area contributed by atoms with Gasteiger partial charge < -0.3 is 9.47 Å². The number of carbonyl (C=O) groups excluding carboxylic acids is 1. The van der Waals surface area contributed by atoms with E-state index >= 15 is 0 Å². The summed E-state index contributed by atoms with van der Waals surface area (Å²) in [5.74, 6) is 0.887. The second-order valence-electron chi connectivity index (χ2n) is 6.43. The van der Waals surface area contributed by atoms with Gasteiger partial charge in [-0.15, -0.1) is 10.2 Å². The van der Waals surface area contributed by atoms with Gasteiger partial charge in [0.25, 0.3) is 5.91 Å². The van der Waals surface area contributed by atoms with Gasteiger partial charge in [-0.1, -0.05) is 11.6 Å². The van der Waals surface area contributed by atoms with Crippen LogP contribution in [0.5, 0.6) is 0 Å². The molecule has 0 radical (unpaired) electrons. The van der Waals surface area contributed by atoms with Crippen LogP contribution in [0.3, 0.4) is 0 Å². The van der Waals surface area contributed by atoms with E-state index in [2.05, 4.69) is 20.2 Å². The number of aryl methyl sites for hydroxylation is 3. The zero-order valence-corrected chi connectivity index (χ0v) is 15.7. The second-order valence-corrected chi connectivity index (χ2v) is 6.81. The fourth-order valence-electron chi connectivity index (χ4n) is 3.19. The molecule has 1 fully saturated rings. The molecule has 1 amide bonds. The molecule has 1 aliphatic rings. The van der Waals surface area contributed by atoms with Crippen LogP contribution in [-0.4, -0.2) is 73.0 Å². The molecule has 0 N–H and O–H groups in total. The Balaban J connectivity index is 1.59. The van der Waals surface area contributed by atoms with Crippen LogP contribution in [0, 0.1) is 13.8 Å². The average Bonchev–Trinajstić information content (AvgIpc) is 2.98. The first-order valence-corrected chi connectivity index (χ1v) is 8.90. The van der Waals surface area contributed by atoms with Crippen LogP contribution in [0.2, 0.25) is 5.02 Å². The van der Waals surface area contributed by atoms with E-state index < -0.39 is 0 Å². The molecule has 0 saturated carbocycles. The minimum absolute atomic E-state index is 0.0374. The van der Waals surface area contributed by atoms with E-state index in [0.29, 0.717) is 23.0 Å². The maximum Gasteiger partial charge on any atom is 0.273 e. The van der Waals surface area contributed by atoms with Gasteiger partial charge in [-0.05, 0) is 26.8 Å².